The summed E-state index contributed by atoms with van der Waals surface area (Å²) in [7, 11) is 0. The van der Waals surface area contributed by atoms with E-state index in [4.69, 9.17) is 5.11 Å². The van der Waals surface area contributed by atoms with Gasteiger partial charge in [0.15, 0.2) is 0 Å². The maximum Gasteiger partial charge on any atom is 0.345 e. The summed E-state index contributed by atoms with van der Waals surface area (Å²) in [6.45, 7) is 3.90. The van der Waals surface area contributed by atoms with Gasteiger partial charge in [0, 0.05) is 30.7 Å². The normalized spacial score (nSPS) is 20.2. The van der Waals surface area contributed by atoms with Gasteiger partial charge in [-0.05, 0) is 30.9 Å². The van der Waals surface area contributed by atoms with Crippen LogP contribution in [0.1, 0.15) is 54.1 Å². The molecule has 1 saturated heterocycles. The Morgan fingerprint density at radius 2 is 2.17 bits per heavy atom. The molecule has 0 radical (unpaired) electrons. The van der Waals surface area contributed by atoms with Gasteiger partial charge in [-0.1, -0.05) is 26.0 Å². The number of hydrogen-bond acceptors (Lipinski definition) is 4. The second kappa shape index (κ2) is 10.7. The summed E-state index contributed by atoms with van der Waals surface area (Å²) in [6, 6.07) is 2.43. The molecule has 5 nitrogen and oxygen atoms in total. The molecule has 0 aliphatic carbocycles. The maximum atomic E-state index is 14.0. The number of aliphatic hydroxyl groups is 1. The summed E-state index contributed by atoms with van der Waals surface area (Å²) in [5, 5.41) is 19.2. The van der Waals surface area contributed by atoms with Gasteiger partial charge in [0.2, 0.25) is 0 Å². The highest BCUT2D eigenvalue weighted by Crippen LogP contribution is 2.34. The summed E-state index contributed by atoms with van der Waals surface area (Å²) in [5.74, 6) is 0.123. The predicted octanol–water partition coefficient (Wildman–Crippen LogP) is 3.97. The van der Waals surface area contributed by atoms with Gasteiger partial charge in [-0.3, -0.25) is 4.79 Å². The van der Waals surface area contributed by atoms with Crippen molar-refractivity contribution in [1.29, 1.82) is 0 Å². The van der Waals surface area contributed by atoms with Gasteiger partial charge >= 0.3 is 11.9 Å². The lowest BCUT2D eigenvalue weighted by atomic mass is 9.99. The number of carboxylic acids is 1. The van der Waals surface area contributed by atoms with Crippen molar-refractivity contribution in [2.45, 2.75) is 64.0 Å². The number of alkyl halides is 2. The number of halogens is 2. The van der Waals surface area contributed by atoms with Crippen molar-refractivity contribution in [3.05, 3.63) is 34.0 Å². The zero-order valence-electron chi connectivity index (χ0n) is 17.1. The van der Waals surface area contributed by atoms with E-state index in [0.29, 0.717) is 19.3 Å². The van der Waals surface area contributed by atoms with Crippen LogP contribution in [0.3, 0.4) is 0 Å². The molecule has 1 unspecified atom stereocenters. The second-order valence-electron chi connectivity index (χ2n) is 7.41. The first-order chi connectivity index (χ1) is 14.2. The van der Waals surface area contributed by atoms with Crippen LogP contribution >= 0.6 is 11.3 Å². The first-order valence-corrected chi connectivity index (χ1v) is 10.8. The van der Waals surface area contributed by atoms with Crippen LogP contribution in [0.4, 0.5) is 8.78 Å². The molecule has 0 saturated carbocycles. The summed E-state index contributed by atoms with van der Waals surface area (Å²) in [6.07, 6.45) is 3.70. The molecule has 1 fully saturated rings. The topological polar surface area (TPSA) is 77.8 Å². The van der Waals surface area contributed by atoms with Crippen LogP contribution in [0.2, 0.25) is 0 Å². The molecule has 1 aromatic rings. The average Bonchev–Trinajstić information content (AvgIpc) is 3.24. The van der Waals surface area contributed by atoms with E-state index in [-0.39, 0.29) is 17.3 Å². The fourth-order valence-electron chi connectivity index (χ4n) is 3.22. The van der Waals surface area contributed by atoms with Crippen molar-refractivity contribution >= 4 is 23.2 Å². The molecule has 1 aromatic heterocycles. The average molecular weight is 440 g/mol. The van der Waals surface area contributed by atoms with E-state index >= 15 is 0 Å². The van der Waals surface area contributed by atoms with E-state index in [9.17, 15) is 23.5 Å². The molecule has 0 aromatic carbocycles. The number of thiophene rings is 1. The molecular formula is C22H27F2NO4S. The number of amides is 1. The van der Waals surface area contributed by atoms with Gasteiger partial charge in [-0.2, -0.15) is 8.78 Å². The van der Waals surface area contributed by atoms with E-state index in [1.165, 1.54) is 18.2 Å². The molecule has 1 aliphatic rings. The number of nitrogens with zero attached hydrogens (tertiary/aromatic N) is 1. The van der Waals surface area contributed by atoms with Gasteiger partial charge in [0.25, 0.3) is 5.91 Å². The van der Waals surface area contributed by atoms with Crippen LogP contribution in [-0.2, 0) is 11.2 Å². The highest BCUT2D eigenvalue weighted by atomic mass is 32.1. The summed E-state index contributed by atoms with van der Waals surface area (Å²) in [4.78, 5) is 25.3. The van der Waals surface area contributed by atoms with Crippen molar-refractivity contribution in [3.8, 4) is 11.8 Å². The Bertz CT molecular complexity index is 840. The lowest BCUT2D eigenvalue weighted by Gasteiger charge is -2.22. The van der Waals surface area contributed by atoms with Crippen LogP contribution in [0.5, 0.6) is 0 Å². The van der Waals surface area contributed by atoms with Crippen molar-refractivity contribution in [2.24, 2.45) is 5.92 Å². The number of aryl methyl sites for hydroxylation is 1. The molecule has 2 rings (SSSR count). The van der Waals surface area contributed by atoms with Gasteiger partial charge < -0.3 is 15.1 Å². The van der Waals surface area contributed by atoms with Crippen LogP contribution in [0.25, 0.3) is 0 Å². The quantitative estimate of drug-likeness (QED) is 0.451. The Kier molecular flexibility index (Phi) is 8.56. The van der Waals surface area contributed by atoms with Crippen molar-refractivity contribution in [2.75, 3.05) is 6.54 Å². The lowest BCUT2D eigenvalue weighted by Crippen LogP contribution is -2.36. The van der Waals surface area contributed by atoms with E-state index in [0.717, 1.165) is 27.5 Å². The monoisotopic (exact) mass is 439 g/mol. The minimum absolute atomic E-state index is 0.136. The van der Waals surface area contributed by atoms with Gasteiger partial charge in [-0.15, -0.1) is 23.2 Å². The minimum atomic E-state index is -3.42. The Morgan fingerprint density at radius 3 is 2.80 bits per heavy atom. The number of hydrogen-bond donors (Lipinski definition) is 2. The van der Waals surface area contributed by atoms with Crippen molar-refractivity contribution < 1.29 is 28.6 Å². The number of aliphatic hydroxyl groups excluding tert-OH is 1. The third kappa shape index (κ3) is 6.38. The molecule has 0 spiro atoms. The second-order valence-corrected chi connectivity index (χ2v) is 8.58. The number of rotatable bonds is 9. The standard InChI is InChI=1S/C22H27F2NO4S/c1-3-4-5-7-15(2)18(26)11-9-16-14-22(23,24)21(29)25(16)13-6-8-17-10-12-19(30-17)20(27)28/h9-12,15-16,18,26H,3,6-8,13-14H2,1-2H3,(H,27,28)/t15-,16?,18+/m0/s1. The number of likely N-dealkylation sites (tertiary alicyclic amines) is 1. The van der Waals surface area contributed by atoms with Crippen LogP contribution < -0.4 is 0 Å². The molecule has 2 heterocycles. The highest BCUT2D eigenvalue weighted by Gasteiger charge is 2.52. The molecule has 164 valence electrons. The Labute approximate surface area is 179 Å². The predicted molar refractivity (Wildman–Crippen MR) is 112 cm³/mol. The van der Waals surface area contributed by atoms with Crippen molar-refractivity contribution in [1.82, 2.24) is 4.90 Å². The Hall–Kier alpha value is -2.24. The first-order valence-electron chi connectivity index (χ1n) is 9.98. The highest BCUT2D eigenvalue weighted by molar-refractivity contribution is 7.13. The summed E-state index contributed by atoms with van der Waals surface area (Å²) >= 11 is 1.14. The lowest BCUT2D eigenvalue weighted by molar-refractivity contribution is -0.148. The smallest absolute Gasteiger partial charge is 0.345 e. The van der Waals surface area contributed by atoms with Crippen LogP contribution in [-0.4, -0.2) is 51.6 Å². The van der Waals surface area contributed by atoms with E-state index in [1.54, 1.807) is 6.07 Å². The molecule has 1 aliphatic heterocycles. The summed E-state index contributed by atoms with van der Waals surface area (Å²) in [5.41, 5.74) is 0. The van der Waals surface area contributed by atoms with Gasteiger partial charge in [-0.25, -0.2) is 4.79 Å². The third-order valence-electron chi connectivity index (χ3n) is 4.97. The van der Waals surface area contributed by atoms with E-state index in [1.807, 2.05) is 13.8 Å². The van der Waals surface area contributed by atoms with Gasteiger partial charge in [0.1, 0.15) is 4.88 Å². The number of carbonyl (C=O) groups excluding carboxylic acids is 1. The largest absolute Gasteiger partial charge is 0.477 e. The molecule has 1 amide bonds. The first kappa shape index (κ1) is 24.0. The fourth-order valence-corrected chi connectivity index (χ4v) is 4.11. The third-order valence-corrected chi connectivity index (χ3v) is 6.11. The molecule has 0 bridgehead atoms. The Morgan fingerprint density at radius 1 is 1.43 bits per heavy atom. The molecule has 2 N–H and O–H groups in total. The number of carboxylic acid groups (broad SMARTS) is 1. The zero-order valence-corrected chi connectivity index (χ0v) is 17.9. The number of aromatic carboxylic acids is 1. The molecular weight excluding hydrogens is 412 g/mol. The minimum Gasteiger partial charge on any atom is -0.477 e. The van der Waals surface area contributed by atoms with Crippen LogP contribution in [0, 0.1) is 17.8 Å². The zero-order chi connectivity index (χ0) is 22.3. The molecule has 30 heavy (non-hydrogen) atoms. The molecule has 3 atom stereocenters. The van der Waals surface area contributed by atoms with Gasteiger partial charge in [0.05, 0.1) is 12.1 Å². The molecule has 8 heteroatoms. The Balaban J connectivity index is 1.97. The summed E-state index contributed by atoms with van der Waals surface area (Å²) < 4.78 is 28.0. The van der Waals surface area contributed by atoms with E-state index in [2.05, 4.69) is 11.8 Å². The van der Waals surface area contributed by atoms with Crippen LogP contribution in [0.15, 0.2) is 24.3 Å². The van der Waals surface area contributed by atoms with Crippen molar-refractivity contribution in [3.63, 3.8) is 0 Å². The number of carbonyl (C=O) groups is 2. The maximum absolute atomic E-state index is 14.0. The fraction of sp³-hybridized carbons (Fsp3) is 0.545. The SMILES string of the molecule is CCC#CC[C@H](C)[C@H](O)C=CC1CC(F)(F)C(=O)N1CCCc1ccc(C(=O)O)s1. The van der Waals surface area contributed by atoms with E-state index < -0.39 is 36.4 Å².